The lowest BCUT2D eigenvalue weighted by molar-refractivity contribution is -0.142. The molecule has 3 heterocycles. The first-order valence-electron chi connectivity index (χ1n) is 11.1. The zero-order valence-corrected chi connectivity index (χ0v) is 18.5. The molecule has 3 aromatic rings. The van der Waals surface area contributed by atoms with Crippen molar-refractivity contribution in [3.8, 4) is 0 Å². The van der Waals surface area contributed by atoms with Crippen molar-refractivity contribution in [2.75, 3.05) is 31.1 Å². The molecule has 5 rings (SSSR count). The van der Waals surface area contributed by atoms with Crippen molar-refractivity contribution in [2.24, 2.45) is 5.92 Å². The Balaban J connectivity index is 1.58. The number of carboxylic acid groups (broad SMARTS) is 1. The molecule has 174 valence electrons. The Morgan fingerprint density at radius 3 is 2.48 bits per heavy atom. The highest BCUT2D eigenvalue weighted by molar-refractivity contribution is 5.85. The van der Waals surface area contributed by atoms with E-state index in [1.807, 2.05) is 24.3 Å². The van der Waals surface area contributed by atoms with Crippen LogP contribution in [0.5, 0.6) is 0 Å². The van der Waals surface area contributed by atoms with Gasteiger partial charge in [0.05, 0.1) is 12.0 Å². The van der Waals surface area contributed by atoms with Gasteiger partial charge in [0, 0.05) is 54.0 Å². The molecule has 0 saturated carbocycles. The second kappa shape index (κ2) is 7.80. The van der Waals surface area contributed by atoms with E-state index in [2.05, 4.69) is 4.98 Å². The summed E-state index contributed by atoms with van der Waals surface area (Å²) in [7, 11) is 0. The molecule has 0 amide bonds. The molecule has 33 heavy (non-hydrogen) atoms. The van der Waals surface area contributed by atoms with E-state index in [1.54, 1.807) is 9.80 Å². The molecule has 0 aliphatic carbocycles. The third kappa shape index (κ3) is 3.86. The first-order valence-corrected chi connectivity index (χ1v) is 11.1. The van der Waals surface area contributed by atoms with Crippen LogP contribution in [-0.2, 0) is 11.2 Å². The number of aliphatic carboxylic acids is 1. The topological polar surface area (TPSA) is 59.6 Å². The number of halogens is 3. The molecule has 8 heteroatoms. The minimum Gasteiger partial charge on any atom is -0.481 e. The van der Waals surface area contributed by atoms with Crippen molar-refractivity contribution in [3.05, 3.63) is 64.9 Å². The van der Waals surface area contributed by atoms with Gasteiger partial charge in [-0.2, -0.15) is 0 Å². The fourth-order valence-corrected chi connectivity index (χ4v) is 5.13. The molecule has 1 fully saturated rings. The average Bonchev–Trinajstić information content (AvgIpc) is 3.05. The fraction of sp³-hybridized carbons (Fsp3) is 0.400. The predicted octanol–water partition coefficient (Wildman–Crippen LogP) is 4.66. The number of carboxylic acids is 1. The Morgan fingerprint density at radius 2 is 1.85 bits per heavy atom. The van der Waals surface area contributed by atoms with E-state index in [1.165, 1.54) is 26.0 Å². The number of aromatic amines is 1. The molecular formula is C25H26F3N3O2. The van der Waals surface area contributed by atoms with Crippen molar-refractivity contribution >= 4 is 22.6 Å². The number of benzene rings is 2. The number of anilines is 1. The zero-order valence-electron chi connectivity index (χ0n) is 18.5. The van der Waals surface area contributed by atoms with Gasteiger partial charge in [-0.1, -0.05) is 18.2 Å². The van der Waals surface area contributed by atoms with Crippen LogP contribution in [0.15, 0.2) is 36.4 Å². The lowest BCUT2D eigenvalue weighted by Crippen LogP contribution is -2.50. The molecule has 1 aromatic heterocycles. The molecule has 1 unspecified atom stereocenters. The number of nitrogens with one attached hydrogen (secondary N) is 1. The molecule has 0 spiro atoms. The molecule has 2 aromatic carbocycles. The smallest absolute Gasteiger partial charge is 0.310 e. The minimum absolute atomic E-state index is 0.0273. The molecule has 2 N–H and O–H groups in total. The van der Waals surface area contributed by atoms with Gasteiger partial charge >= 0.3 is 5.97 Å². The SMILES string of the molecule is CC(C)(F)CN1CCc2c([nH]c3ccccc23)C1c1c(F)cc(N2CC(C(=O)O)C2)cc1F. The molecule has 2 aliphatic rings. The number of para-hydroxylation sites is 1. The van der Waals surface area contributed by atoms with Crippen molar-refractivity contribution in [2.45, 2.75) is 32.0 Å². The van der Waals surface area contributed by atoms with Gasteiger partial charge < -0.3 is 15.0 Å². The monoisotopic (exact) mass is 457 g/mol. The second-order valence-corrected chi connectivity index (χ2v) is 9.67. The Hall–Kier alpha value is -3.00. The van der Waals surface area contributed by atoms with Crippen molar-refractivity contribution in [1.29, 1.82) is 0 Å². The molecule has 1 atom stereocenters. The normalized spacial score (nSPS) is 19.5. The molecule has 0 bridgehead atoms. The third-order valence-electron chi connectivity index (χ3n) is 6.65. The zero-order chi connectivity index (χ0) is 23.5. The maximum Gasteiger partial charge on any atom is 0.310 e. The number of rotatable bonds is 5. The molecule has 1 saturated heterocycles. The van der Waals surface area contributed by atoms with Crippen LogP contribution in [0.1, 0.15) is 36.7 Å². The van der Waals surface area contributed by atoms with E-state index >= 15 is 8.78 Å². The summed E-state index contributed by atoms with van der Waals surface area (Å²) in [5.74, 6) is -2.89. The van der Waals surface area contributed by atoms with E-state index in [4.69, 9.17) is 5.11 Å². The van der Waals surface area contributed by atoms with E-state index < -0.39 is 35.2 Å². The van der Waals surface area contributed by atoms with Crippen LogP contribution >= 0.6 is 0 Å². The maximum atomic E-state index is 15.5. The standard InChI is InChI=1S/C25H26F3N3O2/c1-25(2,28)13-30-8-7-17-16-5-3-4-6-20(16)29-22(17)23(30)21-18(26)9-15(10-19(21)27)31-11-14(12-31)24(32)33/h3-6,9-10,14,23,29H,7-8,11-13H2,1-2H3,(H,32,33). The van der Waals surface area contributed by atoms with Crippen LogP contribution in [0.2, 0.25) is 0 Å². The fourth-order valence-electron chi connectivity index (χ4n) is 5.13. The van der Waals surface area contributed by atoms with Crippen LogP contribution in [0, 0.1) is 17.6 Å². The van der Waals surface area contributed by atoms with Crippen molar-refractivity contribution in [1.82, 2.24) is 9.88 Å². The van der Waals surface area contributed by atoms with Crippen LogP contribution in [0.25, 0.3) is 10.9 Å². The predicted molar refractivity (Wildman–Crippen MR) is 120 cm³/mol. The van der Waals surface area contributed by atoms with Gasteiger partial charge in [-0.05, 0) is 44.0 Å². The van der Waals surface area contributed by atoms with Gasteiger partial charge in [-0.15, -0.1) is 0 Å². The molecule has 0 radical (unpaired) electrons. The number of hydrogen-bond donors (Lipinski definition) is 2. The summed E-state index contributed by atoms with van der Waals surface area (Å²) in [5.41, 5.74) is 1.22. The Bertz CT molecular complexity index is 1200. The highest BCUT2D eigenvalue weighted by Gasteiger charge is 2.39. The summed E-state index contributed by atoms with van der Waals surface area (Å²) in [4.78, 5) is 17.9. The summed E-state index contributed by atoms with van der Waals surface area (Å²) < 4.78 is 45.7. The van der Waals surface area contributed by atoms with E-state index in [0.29, 0.717) is 24.3 Å². The Labute approximate surface area is 189 Å². The van der Waals surface area contributed by atoms with Gasteiger partial charge in [0.15, 0.2) is 0 Å². The second-order valence-electron chi connectivity index (χ2n) is 9.67. The molecule has 2 aliphatic heterocycles. The number of alkyl halides is 1. The van der Waals surface area contributed by atoms with Gasteiger partial charge in [0.25, 0.3) is 0 Å². The number of carbonyl (C=O) groups is 1. The average molecular weight is 457 g/mol. The summed E-state index contributed by atoms with van der Waals surface area (Å²) in [5, 5.41) is 10.1. The van der Waals surface area contributed by atoms with E-state index in [9.17, 15) is 9.18 Å². The van der Waals surface area contributed by atoms with Crippen molar-refractivity contribution < 1.29 is 23.1 Å². The van der Waals surface area contributed by atoms with Gasteiger partial charge in [0.2, 0.25) is 0 Å². The largest absolute Gasteiger partial charge is 0.481 e. The van der Waals surface area contributed by atoms with Gasteiger partial charge in [0.1, 0.15) is 17.3 Å². The first-order chi connectivity index (χ1) is 15.6. The lowest BCUT2D eigenvalue weighted by atomic mass is 9.90. The summed E-state index contributed by atoms with van der Waals surface area (Å²) >= 11 is 0. The highest BCUT2D eigenvalue weighted by atomic mass is 19.1. The van der Waals surface area contributed by atoms with E-state index in [-0.39, 0.29) is 25.2 Å². The van der Waals surface area contributed by atoms with Crippen LogP contribution in [-0.4, -0.2) is 52.8 Å². The first kappa shape index (κ1) is 21.8. The Morgan fingerprint density at radius 1 is 1.18 bits per heavy atom. The number of H-pyrrole nitrogens is 1. The quantitative estimate of drug-likeness (QED) is 0.585. The highest BCUT2D eigenvalue weighted by Crippen LogP contribution is 2.42. The van der Waals surface area contributed by atoms with E-state index in [0.717, 1.165) is 16.5 Å². The van der Waals surface area contributed by atoms with Crippen LogP contribution < -0.4 is 4.90 Å². The summed E-state index contributed by atoms with van der Waals surface area (Å²) in [6, 6.07) is 9.44. The van der Waals surface area contributed by atoms with Crippen LogP contribution in [0.4, 0.5) is 18.9 Å². The molecule has 5 nitrogen and oxygen atoms in total. The number of nitrogens with zero attached hydrogens (tertiary/aromatic N) is 2. The lowest BCUT2D eigenvalue weighted by Gasteiger charge is -2.40. The Kier molecular flexibility index (Phi) is 5.16. The maximum absolute atomic E-state index is 15.5. The number of hydrogen-bond acceptors (Lipinski definition) is 3. The number of fused-ring (bicyclic) bond motifs is 3. The third-order valence-corrected chi connectivity index (χ3v) is 6.65. The minimum atomic E-state index is -1.54. The van der Waals surface area contributed by atoms with Gasteiger partial charge in [-0.25, -0.2) is 13.2 Å². The van der Waals surface area contributed by atoms with Crippen LogP contribution in [0.3, 0.4) is 0 Å². The number of aromatic nitrogens is 1. The summed E-state index contributed by atoms with van der Waals surface area (Å²) in [6.07, 6.45) is 0.650. The summed E-state index contributed by atoms with van der Waals surface area (Å²) in [6.45, 7) is 3.85. The van der Waals surface area contributed by atoms with Crippen molar-refractivity contribution in [3.63, 3.8) is 0 Å². The van der Waals surface area contributed by atoms with Gasteiger partial charge in [-0.3, -0.25) is 9.69 Å². The molecular weight excluding hydrogens is 431 g/mol.